The average Bonchev–Trinajstić information content (AvgIpc) is 2.41. The minimum atomic E-state index is -0.944. The van der Waals surface area contributed by atoms with Crippen LogP contribution in [0.25, 0.3) is 0 Å². The van der Waals surface area contributed by atoms with Gasteiger partial charge in [-0.1, -0.05) is 45.4 Å². The topological polar surface area (TPSA) is 49.7 Å². The first kappa shape index (κ1) is 19.2. The molecule has 5 heteroatoms. The summed E-state index contributed by atoms with van der Waals surface area (Å²) in [6, 6.07) is 0. The van der Waals surface area contributed by atoms with Gasteiger partial charge in [-0.15, -0.1) is 0 Å². The fourth-order valence-corrected chi connectivity index (χ4v) is 3.44. The quantitative estimate of drug-likeness (QED) is 0.312. The van der Waals surface area contributed by atoms with Crippen LogP contribution in [-0.2, 0) is 4.74 Å². The lowest BCUT2D eigenvalue weighted by atomic mass is 10.1. The Bertz CT molecular complexity index is 255. The number of unbranched alkanes of at least 4 members (excludes halogenated alkanes) is 5. The molecule has 113 valence electrons. The Morgan fingerprint density at radius 3 is 2.37 bits per heavy atom. The van der Waals surface area contributed by atoms with Crippen molar-refractivity contribution in [2.75, 3.05) is 13.7 Å². The molecule has 0 aliphatic heterocycles. The van der Waals surface area contributed by atoms with Crippen molar-refractivity contribution in [3.05, 3.63) is 0 Å². The number of methoxy groups -OCH3 is 1. The lowest BCUT2D eigenvalue weighted by Gasteiger charge is -2.25. The van der Waals surface area contributed by atoms with Crippen molar-refractivity contribution >= 4 is 27.1 Å². The van der Waals surface area contributed by atoms with Crippen LogP contribution in [0.5, 0.6) is 0 Å². The molecule has 0 aliphatic carbocycles. The van der Waals surface area contributed by atoms with Gasteiger partial charge in [-0.3, -0.25) is 0 Å². The third-order valence-electron chi connectivity index (χ3n) is 3.39. The highest BCUT2D eigenvalue weighted by atomic mass is 32.1. The maximum Gasteiger partial charge on any atom is 0.139 e. The molecular weight excluding hydrogens is 276 g/mol. The van der Waals surface area contributed by atoms with E-state index in [1.54, 1.807) is 6.92 Å². The van der Waals surface area contributed by atoms with Crippen LogP contribution in [0.2, 0.25) is 0 Å². The molecule has 3 nitrogen and oxygen atoms in total. The van der Waals surface area contributed by atoms with Crippen molar-refractivity contribution in [1.82, 2.24) is 0 Å². The monoisotopic (exact) mass is 305 g/mol. The van der Waals surface area contributed by atoms with Crippen molar-refractivity contribution in [3.63, 3.8) is 0 Å². The number of aliphatic hydroxyl groups excluding tert-OH is 2. The van der Waals surface area contributed by atoms with E-state index in [1.807, 2.05) is 0 Å². The van der Waals surface area contributed by atoms with Crippen LogP contribution in [-0.4, -0.2) is 48.9 Å². The van der Waals surface area contributed by atoms with E-state index in [0.29, 0.717) is 0 Å². The van der Waals surface area contributed by atoms with Gasteiger partial charge < -0.3 is 14.9 Å². The van der Waals surface area contributed by atoms with E-state index in [-0.39, 0.29) is 26.0 Å². The van der Waals surface area contributed by atoms with Gasteiger partial charge in [0, 0.05) is 12.0 Å². The molecule has 0 fully saturated rings. The normalized spacial score (nSPS) is 17.2. The predicted octanol–water partition coefficient (Wildman–Crippen LogP) is 2.60. The van der Waals surface area contributed by atoms with Crippen LogP contribution in [0.3, 0.4) is 0 Å². The van der Waals surface area contributed by atoms with Crippen molar-refractivity contribution in [2.45, 2.75) is 69.3 Å². The fourth-order valence-electron chi connectivity index (χ4n) is 1.74. The zero-order chi connectivity index (χ0) is 14.7. The first-order valence-electron chi connectivity index (χ1n) is 7.17. The van der Waals surface area contributed by atoms with Gasteiger partial charge in [-0.25, -0.2) is 0 Å². The van der Waals surface area contributed by atoms with Crippen LogP contribution in [0.1, 0.15) is 58.8 Å². The highest BCUT2D eigenvalue weighted by molar-refractivity contribution is 7.82. The van der Waals surface area contributed by atoms with Gasteiger partial charge in [0.1, 0.15) is 5.60 Å². The largest absolute Gasteiger partial charge is 0.515 e. The van der Waals surface area contributed by atoms with E-state index in [4.69, 9.17) is 4.74 Å². The maximum absolute atomic E-state index is 10.0. The Kier molecular flexibility index (Phi) is 11.0. The molecule has 0 bridgehead atoms. The second-order valence-corrected chi connectivity index (χ2v) is 7.73. The highest BCUT2D eigenvalue weighted by Gasteiger charge is 2.28. The zero-order valence-electron chi connectivity index (χ0n) is 12.5. The van der Waals surface area contributed by atoms with Crippen molar-refractivity contribution in [3.8, 4) is 0 Å². The molecule has 2 atom stereocenters. The smallest absolute Gasteiger partial charge is 0.139 e. The van der Waals surface area contributed by atoms with E-state index in [2.05, 4.69) is 19.6 Å². The summed E-state index contributed by atoms with van der Waals surface area (Å²) < 4.78 is 5.16. The van der Waals surface area contributed by atoms with E-state index < -0.39 is 5.60 Å². The lowest BCUT2D eigenvalue weighted by molar-refractivity contribution is 0.00638. The molecule has 0 aromatic rings. The Balaban J connectivity index is 3.98. The van der Waals surface area contributed by atoms with Crippen LogP contribution >= 0.6 is 12.6 Å². The average molecular weight is 306 g/mol. The summed E-state index contributed by atoms with van der Waals surface area (Å²) in [4.78, 5) is 0.159. The number of aliphatic hydroxyl groups is 2. The van der Waals surface area contributed by atoms with E-state index in [0.717, 1.165) is 12.8 Å². The summed E-state index contributed by atoms with van der Waals surface area (Å²) in [7, 11) is 1.71. The Morgan fingerprint density at radius 2 is 1.84 bits per heavy atom. The Labute approximate surface area is 125 Å². The summed E-state index contributed by atoms with van der Waals surface area (Å²) in [5.41, 5.74) is -0.944. The number of rotatable bonds is 11. The SMILES string of the molecule is CCCCCCCCC(S)[Si]=C(O)C(C)(CO)OC. The summed E-state index contributed by atoms with van der Waals surface area (Å²) in [6.07, 6.45) is 8.60. The third kappa shape index (κ3) is 8.12. The first-order valence-corrected chi connectivity index (χ1v) is 8.76. The molecule has 0 rings (SSSR count). The predicted molar refractivity (Wildman–Crippen MR) is 86.0 cm³/mol. The van der Waals surface area contributed by atoms with Crippen LogP contribution in [0.15, 0.2) is 0 Å². The van der Waals surface area contributed by atoms with Gasteiger partial charge in [0.2, 0.25) is 0 Å². The van der Waals surface area contributed by atoms with Crippen LogP contribution < -0.4 is 0 Å². The van der Waals surface area contributed by atoms with E-state index in [1.165, 1.54) is 39.2 Å². The van der Waals surface area contributed by atoms with E-state index in [9.17, 15) is 10.2 Å². The Hall–Kier alpha value is 0.157. The summed E-state index contributed by atoms with van der Waals surface area (Å²) in [5.74, 6) is 0. The van der Waals surface area contributed by atoms with Gasteiger partial charge in [0.05, 0.1) is 21.1 Å². The van der Waals surface area contributed by atoms with Gasteiger partial charge in [-0.2, -0.15) is 12.6 Å². The molecule has 0 amide bonds. The minimum absolute atomic E-state index is 0.159. The molecule has 2 N–H and O–H groups in total. The molecule has 1 radical (unpaired) electrons. The van der Waals surface area contributed by atoms with Crippen LogP contribution in [0, 0.1) is 0 Å². The number of hydrogen-bond acceptors (Lipinski definition) is 4. The molecular formula is C14H29O3SSi. The van der Waals surface area contributed by atoms with Gasteiger partial charge in [0.15, 0.2) is 0 Å². The van der Waals surface area contributed by atoms with Gasteiger partial charge >= 0.3 is 0 Å². The van der Waals surface area contributed by atoms with Crippen molar-refractivity contribution in [1.29, 1.82) is 0 Å². The second-order valence-electron chi connectivity index (χ2n) is 5.16. The van der Waals surface area contributed by atoms with Crippen LogP contribution in [0.4, 0.5) is 0 Å². The molecule has 0 saturated carbocycles. The standard InChI is InChI=1S/C14H29O3SSi/c1-4-5-6-7-8-9-10-12(18)19-13(16)14(2,11-15)17-3/h12,15-16,18H,4-11H2,1-3H3. The summed E-state index contributed by atoms with van der Waals surface area (Å²) in [5, 5.41) is 19.5. The summed E-state index contributed by atoms with van der Waals surface area (Å²) in [6.45, 7) is 3.71. The minimum Gasteiger partial charge on any atom is -0.515 e. The third-order valence-corrected chi connectivity index (χ3v) is 5.46. The van der Waals surface area contributed by atoms with Gasteiger partial charge in [0.25, 0.3) is 0 Å². The molecule has 0 aliphatic rings. The number of hydrogen-bond donors (Lipinski definition) is 3. The molecule has 0 saturated heterocycles. The zero-order valence-corrected chi connectivity index (χ0v) is 14.4. The number of thiol groups is 1. The lowest BCUT2D eigenvalue weighted by Crippen LogP contribution is -2.43. The molecule has 0 aromatic heterocycles. The van der Waals surface area contributed by atoms with Crippen molar-refractivity contribution < 1.29 is 14.9 Å². The molecule has 0 spiro atoms. The second kappa shape index (κ2) is 10.9. The molecule has 0 heterocycles. The highest BCUT2D eigenvalue weighted by Crippen LogP contribution is 2.12. The fraction of sp³-hybridized carbons (Fsp3) is 0.929. The van der Waals surface area contributed by atoms with Crippen molar-refractivity contribution in [2.24, 2.45) is 0 Å². The molecule has 0 aromatic carbocycles. The number of ether oxygens (including phenoxy) is 1. The maximum atomic E-state index is 10.0. The van der Waals surface area contributed by atoms with Gasteiger partial charge in [-0.05, 0) is 13.3 Å². The molecule has 2 unspecified atom stereocenters. The molecule has 19 heavy (non-hydrogen) atoms. The Morgan fingerprint density at radius 1 is 1.26 bits per heavy atom. The first-order chi connectivity index (χ1) is 9.00. The summed E-state index contributed by atoms with van der Waals surface area (Å²) >= 11 is 4.52. The van der Waals surface area contributed by atoms with E-state index >= 15 is 0 Å².